The lowest BCUT2D eigenvalue weighted by Gasteiger charge is -2.23. The minimum Gasteiger partial charge on any atom is -0.470 e. The first kappa shape index (κ1) is 17.9. The van der Waals surface area contributed by atoms with Crippen molar-refractivity contribution in [1.29, 1.82) is 0 Å². The summed E-state index contributed by atoms with van der Waals surface area (Å²) >= 11 is 1.30. The average molecular weight is 340 g/mol. The number of terminal acetylenes is 1. The van der Waals surface area contributed by atoms with Gasteiger partial charge in [0.2, 0.25) is 5.44 Å². The number of pyridine rings is 1. The van der Waals surface area contributed by atoms with Crippen LogP contribution in [-0.2, 0) is 4.79 Å². The van der Waals surface area contributed by atoms with Crippen molar-refractivity contribution in [3.8, 4) is 18.1 Å². The van der Waals surface area contributed by atoms with Crippen molar-refractivity contribution in [3.05, 3.63) is 42.6 Å². The van der Waals surface area contributed by atoms with E-state index in [9.17, 15) is 4.79 Å². The van der Waals surface area contributed by atoms with Gasteiger partial charge in [-0.1, -0.05) is 18.6 Å². The van der Waals surface area contributed by atoms with Crippen molar-refractivity contribution >= 4 is 34.6 Å². The van der Waals surface area contributed by atoms with Crippen molar-refractivity contribution in [2.45, 2.75) is 24.8 Å². The molecule has 124 valence electrons. The molecule has 0 saturated heterocycles. The molecule has 24 heavy (non-hydrogen) atoms. The zero-order valence-electron chi connectivity index (χ0n) is 14.0. The summed E-state index contributed by atoms with van der Waals surface area (Å²) in [6.07, 6.45) is 10.7. The number of fused-ring (bicyclic) bond motifs is 1. The van der Waals surface area contributed by atoms with Gasteiger partial charge in [-0.25, -0.2) is 0 Å². The summed E-state index contributed by atoms with van der Waals surface area (Å²) in [6, 6.07) is 7.49. The van der Waals surface area contributed by atoms with Crippen LogP contribution in [0.5, 0.6) is 5.75 Å². The summed E-state index contributed by atoms with van der Waals surface area (Å²) in [6.45, 7) is 7.27. The summed E-state index contributed by atoms with van der Waals surface area (Å²) in [4.78, 5) is 16.7. The Morgan fingerprint density at radius 3 is 2.88 bits per heavy atom. The minimum atomic E-state index is -0.722. The molecule has 0 radical (unpaired) electrons. The molecule has 2 aromatic rings. The van der Waals surface area contributed by atoms with Crippen LogP contribution in [-0.4, -0.2) is 28.1 Å². The normalized spacial score (nSPS) is 12.2. The van der Waals surface area contributed by atoms with Gasteiger partial charge in [-0.05, 0) is 49.9 Å². The van der Waals surface area contributed by atoms with Crippen molar-refractivity contribution < 1.29 is 9.53 Å². The maximum absolute atomic E-state index is 12.3. The highest BCUT2D eigenvalue weighted by Gasteiger charge is 2.25. The predicted molar refractivity (Wildman–Crippen MR) is 101 cm³/mol. The Balaban J connectivity index is 2.21. The fourth-order valence-electron chi connectivity index (χ4n) is 2.05. The van der Waals surface area contributed by atoms with Crippen molar-refractivity contribution in [2.75, 3.05) is 6.26 Å². The SMILES string of the molecule is C#CC(C)(C)NC(=O)C(Oc1ccc2ncc(C=C)cc2c1)SC. The number of aromatic nitrogens is 1. The number of carbonyl (C=O) groups is 1. The van der Waals surface area contributed by atoms with E-state index in [4.69, 9.17) is 11.2 Å². The van der Waals surface area contributed by atoms with E-state index < -0.39 is 11.0 Å². The number of ether oxygens (including phenoxy) is 1. The Hall–Kier alpha value is -2.45. The maximum atomic E-state index is 12.3. The maximum Gasteiger partial charge on any atom is 0.272 e. The molecule has 1 aromatic carbocycles. The van der Waals surface area contributed by atoms with Crippen LogP contribution in [0.3, 0.4) is 0 Å². The van der Waals surface area contributed by atoms with E-state index in [0.29, 0.717) is 5.75 Å². The van der Waals surface area contributed by atoms with Gasteiger partial charge in [0.05, 0.1) is 11.1 Å². The molecule has 1 N–H and O–H groups in total. The number of thioether (sulfide) groups is 1. The molecular weight excluding hydrogens is 320 g/mol. The van der Waals surface area contributed by atoms with E-state index in [2.05, 4.69) is 22.8 Å². The average Bonchev–Trinajstić information content (AvgIpc) is 2.58. The summed E-state index contributed by atoms with van der Waals surface area (Å²) in [5.41, 5.74) is 0.368. The predicted octanol–water partition coefficient (Wildman–Crippen LogP) is 3.47. The molecular formula is C19H20N2O2S. The number of rotatable bonds is 6. The van der Waals surface area contributed by atoms with E-state index in [1.54, 1.807) is 32.2 Å². The number of carbonyl (C=O) groups excluding carboxylic acids is 1. The highest BCUT2D eigenvalue weighted by Crippen LogP contribution is 2.23. The van der Waals surface area contributed by atoms with Gasteiger partial charge in [-0.3, -0.25) is 9.78 Å². The molecule has 0 fully saturated rings. The lowest BCUT2D eigenvalue weighted by atomic mass is 10.1. The Bertz CT molecular complexity index is 809. The number of amides is 1. The van der Waals surface area contributed by atoms with Crippen LogP contribution in [0, 0.1) is 12.3 Å². The van der Waals surface area contributed by atoms with E-state index in [-0.39, 0.29) is 5.91 Å². The van der Waals surface area contributed by atoms with Crippen LogP contribution in [0.2, 0.25) is 0 Å². The topological polar surface area (TPSA) is 51.2 Å². The second kappa shape index (κ2) is 7.41. The first-order valence-corrected chi connectivity index (χ1v) is 8.69. The quantitative estimate of drug-likeness (QED) is 0.646. The van der Waals surface area contributed by atoms with Crippen LogP contribution in [0.1, 0.15) is 19.4 Å². The monoisotopic (exact) mass is 340 g/mol. The Morgan fingerprint density at radius 2 is 2.25 bits per heavy atom. The molecule has 4 nitrogen and oxygen atoms in total. The van der Waals surface area contributed by atoms with Crippen LogP contribution < -0.4 is 10.1 Å². The summed E-state index contributed by atoms with van der Waals surface area (Å²) in [5, 5.41) is 3.71. The van der Waals surface area contributed by atoms with E-state index in [1.165, 1.54) is 11.8 Å². The number of nitrogens with zero attached hydrogens (tertiary/aromatic N) is 1. The van der Waals surface area contributed by atoms with Crippen LogP contribution in [0.4, 0.5) is 0 Å². The summed E-state index contributed by atoms with van der Waals surface area (Å²) in [5.74, 6) is 2.87. The van der Waals surface area contributed by atoms with Gasteiger partial charge in [0.25, 0.3) is 5.91 Å². The molecule has 1 heterocycles. The summed E-state index contributed by atoms with van der Waals surface area (Å²) < 4.78 is 5.83. The van der Waals surface area contributed by atoms with E-state index in [0.717, 1.165) is 16.5 Å². The number of benzene rings is 1. The molecule has 0 aliphatic carbocycles. The minimum absolute atomic E-state index is 0.261. The third-order valence-electron chi connectivity index (χ3n) is 3.38. The molecule has 0 saturated carbocycles. The van der Waals surface area contributed by atoms with Crippen molar-refractivity contribution in [1.82, 2.24) is 10.3 Å². The highest BCUT2D eigenvalue weighted by atomic mass is 32.2. The molecule has 5 heteroatoms. The van der Waals surface area contributed by atoms with Gasteiger partial charge in [0, 0.05) is 11.6 Å². The molecule has 1 aromatic heterocycles. The molecule has 1 unspecified atom stereocenters. The fraction of sp³-hybridized carbons (Fsp3) is 0.263. The number of hydrogen-bond acceptors (Lipinski definition) is 4. The number of hydrogen-bond donors (Lipinski definition) is 1. The molecule has 0 bridgehead atoms. The molecule has 0 spiro atoms. The van der Waals surface area contributed by atoms with Gasteiger partial charge < -0.3 is 10.1 Å². The zero-order valence-corrected chi connectivity index (χ0v) is 14.8. The number of nitrogens with one attached hydrogen (secondary N) is 1. The lowest BCUT2D eigenvalue weighted by molar-refractivity contribution is -0.125. The fourth-order valence-corrected chi connectivity index (χ4v) is 2.53. The van der Waals surface area contributed by atoms with Gasteiger partial charge in [0.15, 0.2) is 0 Å². The molecule has 0 aliphatic rings. The third kappa shape index (κ3) is 4.30. The third-order valence-corrected chi connectivity index (χ3v) is 4.12. The Labute approximate surface area is 146 Å². The van der Waals surface area contributed by atoms with Crippen LogP contribution in [0.15, 0.2) is 37.0 Å². The smallest absolute Gasteiger partial charge is 0.272 e. The Morgan fingerprint density at radius 1 is 1.50 bits per heavy atom. The first-order chi connectivity index (χ1) is 11.4. The van der Waals surface area contributed by atoms with Gasteiger partial charge in [-0.15, -0.1) is 18.2 Å². The standard InChI is InChI=1S/C19H20N2O2S/c1-6-13-10-14-11-15(8-9-16(14)20-12-13)23-18(24-5)17(22)21-19(3,4)7-2/h2,6,8-12,18H,1H2,3-5H3,(H,21,22). The second-order valence-electron chi connectivity index (χ2n) is 5.77. The van der Waals surface area contributed by atoms with Gasteiger partial charge in [-0.2, -0.15) is 0 Å². The van der Waals surface area contributed by atoms with Crippen LogP contribution in [0.25, 0.3) is 17.0 Å². The molecule has 0 aliphatic heterocycles. The van der Waals surface area contributed by atoms with Gasteiger partial charge in [0.1, 0.15) is 5.75 Å². The Kier molecular flexibility index (Phi) is 5.53. The summed E-state index contributed by atoms with van der Waals surface area (Å²) in [7, 11) is 0. The highest BCUT2D eigenvalue weighted by molar-refractivity contribution is 7.99. The largest absolute Gasteiger partial charge is 0.470 e. The lowest BCUT2D eigenvalue weighted by Crippen LogP contribution is -2.47. The van der Waals surface area contributed by atoms with Crippen molar-refractivity contribution in [2.24, 2.45) is 0 Å². The zero-order chi connectivity index (χ0) is 17.7. The van der Waals surface area contributed by atoms with Gasteiger partial charge >= 0.3 is 0 Å². The molecule has 2 rings (SSSR count). The first-order valence-electron chi connectivity index (χ1n) is 7.40. The van der Waals surface area contributed by atoms with E-state index >= 15 is 0 Å². The van der Waals surface area contributed by atoms with Crippen LogP contribution >= 0.6 is 11.8 Å². The molecule has 1 amide bonds. The van der Waals surface area contributed by atoms with E-state index in [1.807, 2.05) is 24.5 Å². The second-order valence-corrected chi connectivity index (χ2v) is 6.67. The molecule has 1 atom stereocenters. The van der Waals surface area contributed by atoms with Crippen molar-refractivity contribution in [3.63, 3.8) is 0 Å².